The Kier molecular flexibility index (Phi) is 5.66. The minimum atomic E-state index is -1.22. The van der Waals surface area contributed by atoms with Gasteiger partial charge in [0.1, 0.15) is 23.0 Å². The fourth-order valence-corrected chi connectivity index (χ4v) is 1.92. The van der Waals surface area contributed by atoms with Gasteiger partial charge in [-0.15, -0.1) is 11.6 Å². The molecular weight excluding hydrogens is 279 g/mol. The molecule has 0 saturated heterocycles. The molecule has 0 heterocycles. The predicted octanol–water partition coefficient (Wildman–Crippen LogP) is 3.49. The van der Waals surface area contributed by atoms with Gasteiger partial charge in [0.2, 0.25) is 0 Å². The van der Waals surface area contributed by atoms with Gasteiger partial charge < -0.3 is 5.32 Å². The van der Waals surface area contributed by atoms with Crippen LogP contribution < -0.4 is 5.32 Å². The van der Waals surface area contributed by atoms with E-state index in [-0.39, 0.29) is 12.0 Å². The molecule has 0 bridgehead atoms. The first kappa shape index (κ1) is 15.8. The van der Waals surface area contributed by atoms with Crippen molar-refractivity contribution in [2.75, 3.05) is 5.88 Å². The highest BCUT2D eigenvalue weighted by Crippen LogP contribution is 2.16. The van der Waals surface area contributed by atoms with E-state index in [2.05, 4.69) is 5.32 Å². The summed E-state index contributed by atoms with van der Waals surface area (Å²) < 4.78 is 39.6. The van der Waals surface area contributed by atoms with E-state index in [1.54, 1.807) is 0 Å². The van der Waals surface area contributed by atoms with Crippen molar-refractivity contribution in [2.24, 2.45) is 5.92 Å². The average Bonchev–Trinajstić information content (AvgIpc) is 2.26. The fourth-order valence-electron chi connectivity index (χ4n) is 1.69. The van der Waals surface area contributed by atoms with E-state index < -0.39 is 28.9 Å². The minimum Gasteiger partial charge on any atom is -0.349 e. The SMILES string of the molecule is CC(C)C(CCCl)NC(=O)c1c(F)cc(F)cc1F. The predicted molar refractivity (Wildman–Crippen MR) is 67.7 cm³/mol. The lowest BCUT2D eigenvalue weighted by molar-refractivity contribution is 0.0916. The Morgan fingerprint density at radius 1 is 1.26 bits per heavy atom. The van der Waals surface area contributed by atoms with Crippen LogP contribution in [-0.4, -0.2) is 17.8 Å². The van der Waals surface area contributed by atoms with Crippen molar-refractivity contribution in [2.45, 2.75) is 26.3 Å². The fraction of sp³-hybridized carbons (Fsp3) is 0.462. The summed E-state index contributed by atoms with van der Waals surface area (Å²) in [6, 6.07) is 0.655. The molecule has 1 N–H and O–H groups in total. The third-order valence-electron chi connectivity index (χ3n) is 2.78. The van der Waals surface area contributed by atoms with Crippen molar-refractivity contribution in [3.63, 3.8) is 0 Å². The minimum absolute atomic E-state index is 0.0641. The first-order valence-electron chi connectivity index (χ1n) is 5.88. The number of hydrogen-bond acceptors (Lipinski definition) is 1. The van der Waals surface area contributed by atoms with E-state index in [1.165, 1.54) is 0 Å². The summed E-state index contributed by atoms with van der Waals surface area (Å²) >= 11 is 5.60. The summed E-state index contributed by atoms with van der Waals surface area (Å²) in [7, 11) is 0. The maximum atomic E-state index is 13.4. The first-order valence-corrected chi connectivity index (χ1v) is 6.41. The van der Waals surface area contributed by atoms with Gasteiger partial charge in [-0.25, -0.2) is 13.2 Å². The molecule has 1 aromatic rings. The number of amides is 1. The molecule has 2 nitrogen and oxygen atoms in total. The van der Waals surface area contributed by atoms with Crippen LogP contribution in [0.25, 0.3) is 0 Å². The normalized spacial score (nSPS) is 12.6. The zero-order valence-corrected chi connectivity index (χ0v) is 11.4. The summed E-state index contributed by atoms with van der Waals surface area (Å²) in [6.45, 7) is 3.71. The van der Waals surface area contributed by atoms with Crippen LogP contribution in [0.2, 0.25) is 0 Å². The molecule has 1 amide bonds. The molecule has 6 heteroatoms. The van der Waals surface area contributed by atoms with E-state index in [0.717, 1.165) is 0 Å². The second-order valence-electron chi connectivity index (χ2n) is 4.55. The van der Waals surface area contributed by atoms with Crippen LogP contribution in [0.4, 0.5) is 13.2 Å². The molecule has 1 atom stereocenters. The number of carbonyl (C=O) groups excluding carboxylic acids is 1. The van der Waals surface area contributed by atoms with Gasteiger partial charge in [-0.3, -0.25) is 4.79 Å². The monoisotopic (exact) mass is 293 g/mol. The summed E-state index contributed by atoms with van der Waals surface area (Å²) in [6.07, 6.45) is 0.482. The molecule has 1 rings (SSSR count). The molecule has 0 fully saturated rings. The Labute approximate surface area is 114 Å². The summed E-state index contributed by atoms with van der Waals surface area (Å²) in [4.78, 5) is 11.8. The van der Waals surface area contributed by atoms with E-state index in [0.29, 0.717) is 24.4 Å². The second-order valence-corrected chi connectivity index (χ2v) is 4.92. The number of benzene rings is 1. The smallest absolute Gasteiger partial charge is 0.257 e. The lowest BCUT2D eigenvalue weighted by atomic mass is 10.0. The molecule has 0 aliphatic carbocycles. The maximum absolute atomic E-state index is 13.4. The number of carbonyl (C=O) groups is 1. The van der Waals surface area contributed by atoms with Crippen LogP contribution in [0.3, 0.4) is 0 Å². The lowest BCUT2D eigenvalue weighted by Crippen LogP contribution is -2.39. The van der Waals surface area contributed by atoms with Crippen LogP contribution in [0.15, 0.2) is 12.1 Å². The molecule has 1 aromatic carbocycles. The molecule has 0 saturated carbocycles. The van der Waals surface area contributed by atoms with Crippen LogP contribution in [-0.2, 0) is 0 Å². The third kappa shape index (κ3) is 4.13. The molecule has 19 heavy (non-hydrogen) atoms. The van der Waals surface area contributed by atoms with Gasteiger partial charge in [0, 0.05) is 24.1 Å². The molecule has 0 aliphatic heterocycles. The molecule has 1 unspecified atom stereocenters. The molecule has 0 aromatic heterocycles. The van der Waals surface area contributed by atoms with Gasteiger partial charge in [-0.05, 0) is 12.3 Å². The van der Waals surface area contributed by atoms with Gasteiger partial charge in [0.15, 0.2) is 0 Å². The molecule has 0 radical (unpaired) electrons. The third-order valence-corrected chi connectivity index (χ3v) is 2.99. The quantitative estimate of drug-likeness (QED) is 0.827. The molecule has 106 valence electrons. The van der Waals surface area contributed by atoms with Crippen molar-refractivity contribution in [1.82, 2.24) is 5.32 Å². The Hall–Kier alpha value is -1.23. The van der Waals surface area contributed by atoms with Crippen LogP contribution >= 0.6 is 11.6 Å². The molecule has 0 aliphatic rings. The largest absolute Gasteiger partial charge is 0.349 e. The van der Waals surface area contributed by atoms with E-state index in [9.17, 15) is 18.0 Å². The number of nitrogens with one attached hydrogen (secondary N) is 1. The first-order chi connectivity index (χ1) is 8.86. The number of halogens is 4. The average molecular weight is 294 g/mol. The standard InChI is InChI=1S/C13H15ClF3NO/c1-7(2)11(3-4-14)18-13(19)12-9(16)5-8(15)6-10(12)17/h5-7,11H,3-4H2,1-2H3,(H,18,19). The van der Waals surface area contributed by atoms with Gasteiger partial charge in [-0.1, -0.05) is 13.8 Å². The number of hydrogen-bond donors (Lipinski definition) is 1. The lowest BCUT2D eigenvalue weighted by Gasteiger charge is -2.21. The highest BCUT2D eigenvalue weighted by Gasteiger charge is 2.22. The maximum Gasteiger partial charge on any atom is 0.257 e. The topological polar surface area (TPSA) is 29.1 Å². The Bertz CT molecular complexity index is 442. The highest BCUT2D eigenvalue weighted by molar-refractivity contribution is 6.17. The molecule has 0 spiro atoms. The van der Waals surface area contributed by atoms with E-state index >= 15 is 0 Å². The zero-order valence-electron chi connectivity index (χ0n) is 10.6. The van der Waals surface area contributed by atoms with Crippen LogP contribution in [0, 0.1) is 23.4 Å². The molecular formula is C13H15ClF3NO. The number of alkyl halides is 1. The number of rotatable bonds is 5. The van der Waals surface area contributed by atoms with Gasteiger partial charge in [0.25, 0.3) is 5.91 Å². The highest BCUT2D eigenvalue weighted by atomic mass is 35.5. The summed E-state index contributed by atoms with van der Waals surface area (Å²) in [5, 5.41) is 2.51. The Morgan fingerprint density at radius 2 is 1.79 bits per heavy atom. The van der Waals surface area contributed by atoms with E-state index in [1.807, 2.05) is 13.8 Å². The Morgan fingerprint density at radius 3 is 2.21 bits per heavy atom. The van der Waals surface area contributed by atoms with Gasteiger partial charge >= 0.3 is 0 Å². The van der Waals surface area contributed by atoms with Crippen molar-refractivity contribution in [3.8, 4) is 0 Å². The summed E-state index contributed by atoms with van der Waals surface area (Å²) in [5.74, 6) is -4.02. The van der Waals surface area contributed by atoms with Crippen molar-refractivity contribution >= 4 is 17.5 Å². The summed E-state index contributed by atoms with van der Waals surface area (Å²) in [5.41, 5.74) is -0.776. The van der Waals surface area contributed by atoms with Crippen molar-refractivity contribution in [3.05, 3.63) is 35.1 Å². The van der Waals surface area contributed by atoms with Crippen LogP contribution in [0.1, 0.15) is 30.6 Å². The van der Waals surface area contributed by atoms with Crippen LogP contribution in [0.5, 0.6) is 0 Å². The van der Waals surface area contributed by atoms with Gasteiger partial charge in [-0.2, -0.15) is 0 Å². The zero-order chi connectivity index (χ0) is 14.6. The van der Waals surface area contributed by atoms with E-state index in [4.69, 9.17) is 11.6 Å². The van der Waals surface area contributed by atoms with Crippen molar-refractivity contribution < 1.29 is 18.0 Å². The Balaban J connectivity index is 2.94. The second kappa shape index (κ2) is 6.80. The van der Waals surface area contributed by atoms with Crippen molar-refractivity contribution in [1.29, 1.82) is 0 Å². The van der Waals surface area contributed by atoms with Gasteiger partial charge in [0.05, 0.1) is 0 Å².